The van der Waals surface area contributed by atoms with E-state index < -0.39 is 0 Å². The van der Waals surface area contributed by atoms with Crippen LogP contribution in [0, 0.1) is 0 Å². The van der Waals surface area contributed by atoms with Crippen molar-refractivity contribution < 1.29 is 0 Å². The van der Waals surface area contributed by atoms with E-state index in [1.54, 1.807) is 6.20 Å². The summed E-state index contributed by atoms with van der Waals surface area (Å²) in [6.45, 7) is 2.02. The molecule has 136 valence electrons. The van der Waals surface area contributed by atoms with Crippen molar-refractivity contribution in [2.75, 3.05) is 11.1 Å². The van der Waals surface area contributed by atoms with Gasteiger partial charge in [0.25, 0.3) is 0 Å². The van der Waals surface area contributed by atoms with Crippen molar-refractivity contribution in [1.82, 2.24) is 30.1 Å². The first-order chi connectivity index (χ1) is 13.2. The number of H-pyrrole nitrogens is 2. The molecule has 4 heterocycles. The number of aromatic amines is 2. The highest BCUT2D eigenvalue weighted by Gasteiger charge is 2.26. The number of fused-ring (bicyclic) bond motifs is 1. The number of hydrogen-bond acceptors (Lipinski definition) is 6. The zero-order valence-electron chi connectivity index (χ0n) is 14.9. The molecule has 1 aliphatic rings. The number of rotatable bonds is 5. The Kier molecular flexibility index (Phi) is 3.56. The van der Waals surface area contributed by atoms with Gasteiger partial charge in [-0.1, -0.05) is 0 Å². The Bertz CT molecular complexity index is 1110. The van der Waals surface area contributed by atoms with Gasteiger partial charge in [-0.2, -0.15) is 10.1 Å². The van der Waals surface area contributed by atoms with E-state index >= 15 is 0 Å². The van der Waals surface area contributed by atoms with E-state index in [0.717, 1.165) is 33.7 Å². The van der Waals surface area contributed by atoms with Crippen molar-refractivity contribution in [3.8, 4) is 11.3 Å². The molecule has 5 N–H and O–H groups in total. The largest absolute Gasteiger partial charge is 0.383 e. The van der Waals surface area contributed by atoms with E-state index in [0.29, 0.717) is 17.7 Å². The van der Waals surface area contributed by atoms with Crippen LogP contribution >= 0.6 is 0 Å². The minimum Gasteiger partial charge on any atom is -0.383 e. The molecule has 0 aliphatic heterocycles. The summed E-state index contributed by atoms with van der Waals surface area (Å²) in [5.74, 6) is 1.49. The highest BCUT2D eigenvalue weighted by molar-refractivity contribution is 5.75. The molecule has 0 bridgehead atoms. The fourth-order valence-corrected chi connectivity index (χ4v) is 3.20. The number of nitrogens with one attached hydrogen (secondary N) is 3. The Morgan fingerprint density at radius 2 is 2.11 bits per heavy atom. The number of nitrogen functional groups attached to an aromatic ring is 1. The topological polar surface area (TPSA) is 121 Å². The van der Waals surface area contributed by atoms with Gasteiger partial charge in [0, 0.05) is 24.0 Å². The molecule has 8 heteroatoms. The lowest BCUT2D eigenvalue weighted by atomic mass is 10.2. The van der Waals surface area contributed by atoms with Crippen LogP contribution in [0.3, 0.4) is 0 Å². The lowest BCUT2D eigenvalue weighted by Gasteiger charge is -2.14. The first-order valence-corrected chi connectivity index (χ1v) is 9.06. The summed E-state index contributed by atoms with van der Waals surface area (Å²) in [5.41, 5.74) is 11.7. The quantitative estimate of drug-likeness (QED) is 0.433. The molecule has 1 aliphatic carbocycles. The Balaban J connectivity index is 1.36. The lowest BCUT2D eigenvalue weighted by molar-refractivity contribution is 0.829. The van der Waals surface area contributed by atoms with Crippen molar-refractivity contribution in [3.05, 3.63) is 48.0 Å². The molecule has 0 unspecified atom stereocenters. The van der Waals surface area contributed by atoms with Crippen LogP contribution in [-0.4, -0.2) is 30.1 Å². The summed E-state index contributed by atoms with van der Waals surface area (Å²) in [7, 11) is 0. The summed E-state index contributed by atoms with van der Waals surface area (Å²) in [5, 5.41) is 10.7. The van der Waals surface area contributed by atoms with Gasteiger partial charge < -0.3 is 16.0 Å². The van der Waals surface area contributed by atoms with Gasteiger partial charge >= 0.3 is 0 Å². The average Bonchev–Trinajstić information content (AvgIpc) is 3.21. The van der Waals surface area contributed by atoms with Gasteiger partial charge in [0.1, 0.15) is 5.82 Å². The van der Waals surface area contributed by atoms with Gasteiger partial charge in [-0.15, -0.1) is 0 Å². The van der Waals surface area contributed by atoms with E-state index in [1.165, 1.54) is 12.8 Å². The Labute approximate surface area is 155 Å². The van der Waals surface area contributed by atoms with Crippen molar-refractivity contribution in [2.45, 2.75) is 31.7 Å². The van der Waals surface area contributed by atoms with Gasteiger partial charge in [0.2, 0.25) is 5.95 Å². The number of hydrogen-bond donors (Lipinski definition) is 4. The molecule has 1 fully saturated rings. The van der Waals surface area contributed by atoms with E-state index in [4.69, 9.17) is 5.73 Å². The molecule has 1 atom stereocenters. The molecule has 5 rings (SSSR count). The monoisotopic (exact) mass is 360 g/mol. The fraction of sp³-hybridized carbons (Fsp3) is 0.263. The third-order valence-electron chi connectivity index (χ3n) is 4.92. The van der Waals surface area contributed by atoms with Crippen LogP contribution in [0.4, 0.5) is 11.8 Å². The zero-order valence-corrected chi connectivity index (χ0v) is 14.9. The second-order valence-corrected chi connectivity index (χ2v) is 6.99. The van der Waals surface area contributed by atoms with Crippen LogP contribution in [0.2, 0.25) is 0 Å². The number of pyridine rings is 1. The summed E-state index contributed by atoms with van der Waals surface area (Å²) >= 11 is 0. The first kappa shape index (κ1) is 15.8. The number of aromatic nitrogens is 6. The van der Waals surface area contributed by atoms with Crippen LogP contribution in [0.15, 0.2) is 36.7 Å². The van der Waals surface area contributed by atoms with Gasteiger partial charge in [-0.25, -0.2) is 9.97 Å². The molecule has 0 radical (unpaired) electrons. The third-order valence-corrected chi connectivity index (χ3v) is 4.92. The standard InChI is InChI=1S/C19H20N8/c1-10(13-4-5-14-15(24-13)6-7-21-14)23-19-22-9-12(18(20)25-19)17-8-16(26-27-17)11-2-3-11/h4-11,21H,2-3H2,1H3,(H,26,27)(H3,20,22,23,25)/t10-/m1/s1. The summed E-state index contributed by atoms with van der Waals surface area (Å²) in [6.07, 6.45) is 6.03. The van der Waals surface area contributed by atoms with E-state index in [1.807, 2.05) is 37.4 Å². The maximum Gasteiger partial charge on any atom is 0.225 e. The molecule has 0 saturated heterocycles. The number of nitrogens with zero attached hydrogens (tertiary/aromatic N) is 4. The van der Waals surface area contributed by atoms with Crippen molar-refractivity contribution in [1.29, 1.82) is 0 Å². The SMILES string of the molecule is C[C@@H](Nc1ncc(-c2cc(C3CC3)[nH]n2)c(N)n1)c1ccc2[nH]ccc2n1. The minimum absolute atomic E-state index is 0.0543. The Morgan fingerprint density at radius 3 is 2.93 bits per heavy atom. The molecule has 4 aromatic heterocycles. The maximum absolute atomic E-state index is 6.16. The van der Waals surface area contributed by atoms with Crippen molar-refractivity contribution in [3.63, 3.8) is 0 Å². The van der Waals surface area contributed by atoms with Crippen molar-refractivity contribution >= 4 is 22.8 Å². The first-order valence-electron chi connectivity index (χ1n) is 9.06. The molecule has 27 heavy (non-hydrogen) atoms. The van der Waals surface area contributed by atoms with Crippen LogP contribution < -0.4 is 11.1 Å². The summed E-state index contributed by atoms with van der Waals surface area (Å²) in [6, 6.07) is 7.94. The third kappa shape index (κ3) is 2.99. The van der Waals surface area contributed by atoms with E-state index in [9.17, 15) is 0 Å². The molecular weight excluding hydrogens is 340 g/mol. The highest BCUT2D eigenvalue weighted by atomic mass is 15.2. The predicted molar refractivity (Wildman–Crippen MR) is 104 cm³/mol. The smallest absolute Gasteiger partial charge is 0.225 e. The van der Waals surface area contributed by atoms with Gasteiger partial charge in [0.15, 0.2) is 0 Å². The van der Waals surface area contributed by atoms with Crippen LogP contribution in [0.25, 0.3) is 22.3 Å². The second-order valence-electron chi connectivity index (χ2n) is 6.99. The molecule has 0 amide bonds. The fourth-order valence-electron chi connectivity index (χ4n) is 3.20. The minimum atomic E-state index is -0.0543. The average molecular weight is 360 g/mol. The van der Waals surface area contributed by atoms with Crippen LogP contribution in [-0.2, 0) is 0 Å². The number of anilines is 2. The predicted octanol–water partition coefficient (Wildman–Crippen LogP) is 3.38. The number of nitrogens with two attached hydrogens (primary N) is 1. The Hall–Kier alpha value is -3.42. The van der Waals surface area contributed by atoms with E-state index in [-0.39, 0.29) is 6.04 Å². The van der Waals surface area contributed by atoms with Crippen LogP contribution in [0.1, 0.15) is 43.1 Å². The summed E-state index contributed by atoms with van der Waals surface area (Å²) in [4.78, 5) is 16.6. The second kappa shape index (κ2) is 6.08. The van der Waals surface area contributed by atoms with Gasteiger partial charge in [0.05, 0.1) is 34.0 Å². The van der Waals surface area contributed by atoms with E-state index in [2.05, 4.69) is 35.5 Å². The normalized spacial score (nSPS) is 15.1. The maximum atomic E-state index is 6.16. The molecule has 0 spiro atoms. The zero-order chi connectivity index (χ0) is 18.4. The van der Waals surface area contributed by atoms with Gasteiger partial charge in [-0.05, 0) is 44.0 Å². The molecular formula is C19H20N8. The molecule has 4 aromatic rings. The summed E-state index contributed by atoms with van der Waals surface area (Å²) < 4.78 is 0. The van der Waals surface area contributed by atoms with Crippen molar-refractivity contribution in [2.24, 2.45) is 0 Å². The van der Waals surface area contributed by atoms with Gasteiger partial charge in [-0.3, -0.25) is 5.10 Å². The molecule has 1 saturated carbocycles. The molecule has 0 aromatic carbocycles. The van der Waals surface area contributed by atoms with Crippen LogP contribution in [0.5, 0.6) is 0 Å². The molecule has 8 nitrogen and oxygen atoms in total. The highest BCUT2D eigenvalue weighted by Crippen LogP contribution is 2.40. The Morgan fingerprint density at radius 1 is 1.22 bits per heavy atom. The lowest BCUT2D eigenvalue weighted by Crippen LogP contribution is -2.12.